The SMILES string of the molecule is Cc1ccc(NC(=O)[C@H](C)OC(=O)CCC(=O)N2CCC(c3ccccc3)=N2)cc1. The average molecular weight is 407 g/mol. The van der Waals surface area contributed by atoms with Crippen LogP contribution in [-0.4, -0.2) is 41.2 Å². The number of carbonyl (C=O) groups is 3. The van der Waals surface area contributed by atoms with Gasteiger partial charge in [0.25, 0.3) is 5.91 Å². The van der Waals surface area contributed by atoms with E-state index in [0.29, 0.717) is 18.7 Å². The lowest BCUT2D eigenvalue weighted by Gasteiger charge is -2.14. The highest BCUT2D eigenvalue weighted by molar-refractivity contribution is 6.02. The maximum absolute atomic E-state index is 12.3. The molecule has 0 fully saturated rings. The van der Waals surface area contributed by atoms with Gasteiger partial charge in [-0.3, -0.25) is 14.4 Å². The molecule has 156 valence electrons. The van der Waals surface area contributed by atoms with Crippen molar-refractivity contribution in [3.05, 3.63) is 65.7 Å². The second-order valence-corrected chi connectivity index (χ2v) is 7.17. The van der Waals surface area contributed by atoms with Crippen molar-refractivity contribution in [3.63, 3.8) is 0 Å². The first kappa shape index (κ1) is 21.2. The van der Waals surface area contributed by atoms with E-state index in [9.17, 15) is 14.4 Å². The summed E-state index contributed by atoms with van der Waals surface area (Å²) in [7, 11) is 0. The Morgan fingerprint density at radius 2 is 1.77 bits per heavy atom. The fraction of sp³-hybridized carbons (Fsp3) is 0.304. The lowest BCUT2D eigenvalue weighted by Crippen LogP contribution is -2.30. The minimum Gasteiger partial charge on any atom is -0.453 e. The standard InChI is InChI=1S/C23H25N3O4/c1-16-8-10-19(11-9-16)24-23(29)17(2)30-22(28)13-12-21(27)26-15-14-20(25-26)18-6-4-3-5-7-18/h3-11,17H,12-15H2,1-2H3,(H,24,29)/t17-/m0/s1. The van der Waals surface area contributed by atoms with Gasteiger partial charge in [0.05, 0.1) is 18.7 Å². The highest BCUT2D eigenvalue weighted by Gasteiger charge is 2.23. The monoisotopic (exact) mass is 407 g/mol. The van der Waals surface area contributed by atoms with Gasteiger partial charge in [0.15, 0.2) is 6.10 Å². The molecule has 30 heavy (non-hydrogen) atoms. The second kappa shape index (κ2) is 9.82. The van der Waals surface area contributed by atoms with Crippen molar-refractivity contribution in [2.24, 2.45) is 5.10 Å². The average Bonchev–Trinajstić information content (AvgIpc) is 3.24. The first-order valence-corrected chi connectivity index (χ1v) is 9.92. The predicted molar refractivity (Wildman–Crippen MR) is 114 cm³/mol. The van der Waals surface area contributed by atoms with Crippen molar-refractivity contribution < 1.29 is 19.1 Å². The third-order valence-corrected chi connectivity index (χ3v) is 4.74. The van der Waals surface area contributed by atoms with E-state index in [1.54, 1.807) is 12.1 Å². The van der Waals surface area contributed by atoms with E-state index in [0.717, 1.165) is 16.8 Å². The normalized spacial score (nSPS) is 14.1. The number of nitrogens with one attached hydrogen (secondary N) is 1. The van der Waals surface area contributed by atoms with Crippen LogP contribution in [-0.2, 0) is 19.1 Å². The highest BCUT2D eigenvalue weighted by Crippen LogP contribution is 2.15. The van der Waals surface area contributed by atoms with Crippen molar-refractivity contribution in [1.82, 2.24) is 5.01 Å². The van der Waals surface area contributed by atoms with E-state index >= 15 is 0 Å². The van der Waals surface area contributed by atoms with Gasteiger partial charge in [-0.2, -0.15) is 5.10 Å². The summed E-state index contributed by atoms with van der Waals surface area (Å²) in [6.45, 7) is 3.95. The summed E-state index contributed by atoms with van der Waals surface area (Å²) in [5.74, 6) is -1.26. The summed E-state index contributed by atoms with van der Waals surface area (Å²) < 4.78 is 5.15. The van der Waals surface area contributed by atoms with Gasteiger partial charge in [-0.15, -0.1) is 0 Å². The molecule has 1 heterocycles. The predicted octanol–water partition coefficient (Wildman–Crippen LogP) is 3.28. The van der Waals surface area contributed by atoms with Crippen LogP contribution in [0.25, 0.3) is 0 Å². The molecule has 1 aliphatic heterocycles. The van der Waals surface area contributed by atoms with E-state index in [1.165, 1.54) is 11.9 Å². The van der Waals surface area contributed by atoms with Gasteiger partial charge in [0, 0.05) is 18.5 Å². The molecule has 0 bridgehead atoms. The highest BCUT2D eigenvalue weighted by atomic mass is 16.5. The van der Waals surface area contributed by atoms with Crippen LogP contribution in [0.15, 0.2) is 59.7 Å². The number of esters is 1. The first-order valence-electron chi connectivity index (χ1n) is 9.92. The molecule has 3 rings (SSSR count). The Bertz CT molecular complexity index is 939. The largest absolute Gasteiger partial charge is 0.453 e. The number of hydrazone groups is 1. The van der Waals surface area contributed by atoms with Crippen molar-refractivity contribution in [1.29, 1.82) is 0 Å². The molecule has 0 aromatic heterocycles. The van der Waals surface area contributed by atoms with Gasteiger partial charge in [0.1, 0.15) is 0 Å². The Morgan fingerprint density at radius 3 is 2.47 bits per heavy atom. The smallest absolute Gasteiger partial charge is 0.307 e. The summed E-state index contributed by atoms with van der Waals surface area (Å²) in [5, 5.41) is 8.45. The van der Waals surface area contributed by atoms with Crippen LogP contribution in [0, 0.1) is 6.92 Å². The topological polar surface area (TPSA) is 88.1 Å². The minimum absolute atomic E-state index is 0.0172. The van der Waals surface area contributed by atoms with Gasteiger partial charge in [-0.25, -0.2) is 5.01 Å². The maximum Gasteiger partial charge on any atom is 0.307 e. The third kappa shape index (κ3) is 5.76. The van der Waals surface area contributed by atoms with E-state index in [1.807, 2.05) is 49.4 Å². The minimum atomic E-state index is -0.955. The van der Waals surface area contributed by atoms with Crippen molar-refractivity contribution in [3.8, 4) is 0 Å². The zero-order chi connectivity index (χ0) is 21.5. The zero-order valence-electron chi connectivity index (χ0n) is 17.1. The molecule has 1 N–H and O–H groups in total. The molecule has 1 atom stereocenters. The van der Waals surface area contributed by atoms with Crippen LogP contribution in [0.2, 0.25) is 0 Å². The zero-order valence-corrected chi connectivity index (χ0v) is 17.1. The summed E-state index contributed by atoms with van der Waals surface area (Å²) in [6, 6.07) is 17.0. The van der Waals surface area contributed by atoms with Crippen LogP contribution >= 0.6 is 0 Å². The Morgan fingerprint density at radius 1 is 1.07 bits per heavy atom. The van der Waals surface area contributed by atoms with Gasteiger partial charge in [0.2, 0.25) is 5.91 Å². The van der Waals surface area contributed by atoms with Crippen LogP contribution < -0.4 is 5.32 Å². The number of ether oxygens (including phenoxy) is 1. The Hall–Kier alpha value is -3.48. The summed E-state index contributed by atoms with van der Waals surface area (Å²) in [5.41, 5.74) is 3.55. The Labute approximate surface area is 175 Å². The van der Waals surface area contributed by atoms with Gasteiger partial charge in [-0.1, -0.05) is 48.0 Å². The number of carbonyl (C=O) groups excluding carboxylic acids is 3. The molecule has 0 spiro atoms. The second-order valence-electron chi connectivity index (χ2n) is 7.17. The number of hydrogen-bond acceptors (Lipinski definition) is 5. The van der Waals surface area contributed by atoms with Crippen molar-refractivity contribution in [2.45, 2.75) is 39.2 Å². The molecule has 0 unspecified atom stereocenters. The lowest BCUT2D eigenvalue weighted by molar-refractivity contribution is -0.154. The van der Waals surface area contributed by atoms with Gasteiger partial charge >= 0.3 is 5.97 Å². The third-order valence-electron chi connectivity index (χ3n) is 4.74. The van der Waals surface area contributed by atoms with Crippen LogP contribution in [0.1, 0.15) is 37.3 Å². The molecule has 7 heteroatoms. The van der Waals surface area contributed by atoms with E-state index in [-0.39, 0.29) is 18.7 Å². The first-order chi connectivity index (χ1) is 14.4. The molecule has 0 aliphatic carbocycles. The molecule has 0 saturated heterocycles. The number of aryl methyl sites for hydroxylation is 1. The van der Waals surface area contributed by atoms with Crippen LogP contribution in [0.3, 0.4) is 0 Å². The van der Waals surface area contributed by atoms with Gasteiger partial charge < -0.3 is 10.1 Å². The van der Waals surface area contributed by atoms with Crippen molar-refractivity contribution in [2.75, 3.05) is 11.9 Å². The molecule has 2 amide bonds. The fourth-order valence-electron chi connectivity index (χ4n) is 3.00. The number of rotatable bonds is 7. The summed E-state index contributed by atoms with van der Waals surface area (Å²) in [6.07, 6.45) is -0.399. The Balaban J connectivity index is 1.43. The van der Waals surface area contributed by atoms with E-state index < -0.39 is 18.0 Å². The summed E-state index contributed by atoms with van der Waals surface area (Å²) in [4.78, 5) is 36.6. The summed E-state index contributed by atoms with van der Waals surface area (Å²) >= 11 is 0. The van der Waals surface area contributed by atoms with Crippen molar-refractivity contribution >= 4 is 29.2 Å². The quantitative estimate of drug-likeness (QED) is 0.714. The molecule has 2 aromatic rings. The van der Waals surface area contributed by atoms with Crippen LogP contribution in [0.4, 0.5) is 5.69 Å². The number of nitrogens with zero attached hydrogens (tertiary/aromatic N) is 2. The molecule has 2 aromatic carbocycles. The number of anilines is 1. The number of hydrogen-bond donors (Lipinski definition) is 1. The van der Waals surface area contributed by atoms with E-state index in [4.69, 9.17) is 4.74 Å². The van der Waals surface area contributed by atoms with Gasteiger partial charge in [-0.05, 0) is 31.5 Å². The molecule has 0 saturated carbocycles. The Kier molecular flexibility index (Phi) is 6.95. The maximum atomic E-state index is 12.3. The fourth-order valence-corrected chi connectivity index (χ4v) is 3.00. The molecule has 0 radical (unpaired) electrons. The molecule has 7 nitrogen and oxygen atoms in total. The molecular weight excluding hydrogens is 382 g/mol. The van der Waals surface area contributed by atoms with E-state index in [2.05, 4.69) is 10.4 Å². The van der Waals surface area contributed by atoms with Crippen LogP contribution in [0.5, 0.6) is 0 Å². The number of benzene rings is 2. The molecular formula is C23H25N3O4. The number of amides is 2. The lowest BCUT2D eigenvalue weighted by atomic mass is 10.1. The molecule has 1 aliphatic rings.